The molecule has 2 aromatic carbocycles. The van der Waals surface area contributed by atoms with Gasteiger partial charge < -0.3 is 10.6 Å². The Balaban J connectivity index is 2.35. The molecule has 37 heavy (non-hydrogen) atoms. The number of aryl methyl sites for hydroxylation is 1. The van der Waals surface area contributed by atoms with Crippen LogP contribution in [0.3, 0.4) is 0 Å². The van der Waals surface area contributed by atoms with E-state index in [0.717, 1.165) is 40.8 Å². The predicted octanol–water partition coefficient (Wildman–Crippen LogP) is 8.26. The highest BCUT2D eigenvalue weighted by atomic mass is 19.1. The van der Waals surface area contributed by atoms with Gasteiger partial charge in [0.15, 0.2) is 0 Å². The lowest BCUT2D eigenvalue weighted by molar-refractivity contribution is 0.0938. The van der Waals surface area contributed by atoms with Gasteiger partial charge in [-0.15, -0.1) is 0 Å². The molecule has 0 saturated heterocycles. The fourth-order valence-electron chi connectivity index (χ4n) is 3.75. The molecule has 0 radical (unpaired) electrons. The third kappa shape index (κ3) is 7.88. The van der Waals surface area contributed by atoms with Gasteiger partial charge in [-0.3, -0.25) is 4.79 Å². The molecule has 0 aliphatic carbocycles. The van der Waals surface area contributed by atoms with E-state index in [1.54, 1.807) is 25.3 Å². The standard InChI is InChI=1S/C32H40FN3O/c1-9-19-34-31(22(6)14-13-21(5)28-17-15-25(11-3)24(8)30(28)33)36-27-16-18-29(26(12-4)20-27)32(37)35-23(7)10-2/h9,11,13-20,23H,3,10,12H2,1-2,4-8H3,(H,34,36)(H,35,37)/b19-9-,21-13+,22-14+. The van der Waals surface area contributed by atoms with Crippen molar-refractivity contribution in [1.29, 1.82) is 0 Å². The summed E-state index contributed by atoms with van der Waals surface area (Å²) in [5, 5.41) is 6.43. The summed E-state index contributed by atoms with van der Waals surface area (Å²) in [5.74, 6) is 0.378. The molecule has 0 fully saturated rings. The number of amides is 1. The van der Waals surface area contributed by atoms with Crippen LogP contribution in [0, 0.1) is 12.7 Å². The van der Waals surface area contributed by atoms with E-state index in [2.05, 4.69) is 22.2 Å². The number of aliphatic imine (C=N–C) groups is 1. The number of carbonyl (C=O) groups is 1. The lowest BCUT2D eigenvalue weighted by Gasteiger charge is -2.16. The van der Waals surface area contributed by atoms with Gasteiger partial charge in [0.2, 0.25) is 0 Å². The summed E-state index contributed by atoms with van der Waals surface area (Å²) >= 11 is 0. The predicted molar refractivity (Wildman–Crippen MR) is 158 cm³/mol. The Hall–Kier alpha value is -3.73. The number of amidine groups is 1. The second kappa shape index (κ2) is 14.1. The quantitative estimate of drug-likeness (QED) is 0.196. The Bertz CT molecular complexity index is 1250. The Kier molecular flexibility index (Phi) is 11.3. The van der Waals surface area contributed by atoms with Crippen LogP contribution in [0.4, 0.5) is 10.1 Å². The molecule has 0 saturated carbocycles. The van der Waals surface area contributed by atoms with E-state index in [-0.39, 0.29) is 17.8 Å². The highest BCUT2D eigenvalue weighted by Gasteiger charge is 2.14. The topological polar surface area (TPSA) is 53.5 Å². The van der Waals surface area contributed by atoms with E-state index in [9.17, 15) is 9.18 Å². The smallest absolute Gasteiger partial charge is 0.251 e. The summed E-state index contributed by atoms with van der Waals surface area (Å²) < 4.78 is 14.9. The van der Waals surface area contributed by atoms with Gasteiger partial charge in [0.25, 0.3) is 5.91 Å². The number of anilines is 1. The minimum Gasteiger partial charge on any atom is -0.350 e. The maximum absolute atomic E-state index is 14.9. The number of allylic oxidation sites excluding steroid dienone is 4. The molecule has 4 nitrogen and oxygen atoms in total. The molecule has 0 spiro atoms. The van der Waals surface area contributed by atoms with Gasteiger partial charge in [-0.1, -0.05) is 56.9 Å². The molecular weight excluding hydrogens is 461 g/mol. The maximum atomic E-state index is 14.9. The van der Waals surface area contributed by atoms with Gasteiger partial charge in [0, 0.05) is 29.1 Å². The average molecular weight is 502 g/mol. The van der Waals surface area contributed by atoms with Gasteiger partial charge in [0.05, 0.1) is 0 Å². The van der Waals surface area contributed by atoms with E-state index in [0.29, 0.717) is 22.5 Å². The van der Waals surface area contributed by atoms with Crippen LogP contribution >= 0.6 is 0 Å². The molecule has 2 aromatic rings. The lowest BCUT2D eigenvalue weighted by Crippen LogP contribution is -2.32. The number of hydrogen-bond donors (Lipinski definition) is 2. The third-order valence-electron chi connectivity index (χ3n) is 6.37. The average Bonchev–Trinajstić information content (AvgIpc) is 2.90. The van der Waals surface area contributed by atoms with Crippen molar-refractivity contribution in [3.05, 3.63) is 101 Å². The number of carbonyl (C=O) groups excluding carboxylic acids is 1. The van der Waals surface area contributed by atoms with Crippen molar-refractivity contribution in [2.24, 2.45) is 4.99 Å². The first-order chi connectivity index (χ1) is 17.7. The molecule has 0 aromatic heterocycles. The molecular formula is C32H40FN3O. The molecule has 0 aliphatic heterocycles. The summed E-state index contributed by atoms with van der Waals surface area (Å²) in [6.45, 7) is 17.3. The minimum atomic E-state index is -0.234. The lowest BCUT2D eigenvalue weighted by atomic mass is 9.99. The number of benzene rings is 2. The van der Waals surface area contributed by atoms with Gasteiger partial charge in [-0.05, 0) is 93.5 Å². The van der Waals surface area contributed by atoms with E-state index < -0.39 is 0 Å². The Labute approximate surface area is 221 Å². The van der Waals surface area contributed by atoms with Gasteiger partial charge in [-0.2, -0.15) is 0 Å². The van der Waals surface area contributed by atoms with Crippen LogP contribution in [0.1, 0.15) is 80.6 Å². The first kappa shape index (κ1) is 29.5. The molecule has 5 heteroatoms. The summed E-state index contributed by atoms with van der Waals surface area (Å²) in [5.41, 5.74) is 6.13. The van der Waals surface area contributed by atoms with E-state index in [1.807, 2.05) is 84.0 Å². The van der Waals surface area contributed by atoms with Crippen LogP contribution in [0.25, 0.3) is 11.6 Å². The molecule has 196 valence electrons. The molecule has 1 atom stereocenters. The van der Waals surface area contributed by atoms with Crippen LogP contribution in [0.2, 0.25) is 0 Å². The molecule has 2 rings (SSSR count). The van der Waals surface area contributed by atoms with Crippen molar-refractivity contribution in [2.45, 2.75) is 67.3 Å². The van der Waals surface area contributed by atoms with E-state index in [1.165, 1.54) is 0 Å². The van der Waals surface area contributed by atoms with Crippen molar-refractivity contribution in [3.8, 4) is 0 Å². The zero-order valence-corrected chi connectivity index (χ0v) is 23.2. The van der Waals surface area contributed by atoms with Crippen LogP contribution < -0.4 is 10.6 Å². The fourth-order valence-corrected chi connectivity index (χ4v) is 3.75. The molecule has 0 aliphatic rings. The van der Waals surface area contributed by atoms with Crippen LogP contribution in [0.15, 0.2) is 71.9 Å². The maximum Gasteiger partial charge on any atom is 0.251 e. The van der Waals surface area contributed by atoms with E-state index >= 15 is 0 Å². The Morgan fingerprint density at radius 3 is 2.46 bits per heavy atom. The van der Waals surface area contributed by atoms with E-state index in [4.69, 9.17) is 0 Å². The van der Waals surface area contributed by atoms with Crippen molar-refractivity contribution in [3.63, 3.8) is 0 Å². The highest BCUT2D eigenvalue weighted by molar-refractivity contribution is 6.08. The zero-order chi connectivity index (χ0) is 27.5. The third-order valence-corrected chi connectivity index (χ3v) is 6.37. The highest BCUT2D eigenvalue weighted by Crippen LogP contribution is 2.24. The van der Waals surface area contributed by atoms with Gasteiger partial charge in [0.1, 0.15) is 11.7 Å². The summed E-state index contributed by atoms with van der Waals surface area (Å²) in [6, 6.07) is 9.53. The molecule has 1 unspecified atom stereocenters. The Morgan fingerprint density at radius 2 is 1.84 bits per heavy atom. The second-order valence-electron chi connectivity index (χ2n) is 9.14. The SMILES string of the molecule is C=Cc1ccc(/C(C)=C/C=C(C)/C(=N\C=C/C)Nc2ccc(C(=O)NC(C)CC)c(CC)c2)c(F)c1C. The molecule has 1 amide bonds. The Morgan fingerprint density at radius 1 is 1.14 bits per heavy atom. The zero-order valence-electron chi connectivity index (χ0n) is 23.2. The summed E-state index contributed by atoms with van der Waals surface area (Å²) in [6.07, 6.45) is 10.7. The number of nitrogens with one attached hydrogen (secondary N) is 2. The number of halogens is 1. The first-order valence-corrected chi connectivity index (χ1v) is 12.8. The number of hydrogen-bond acceptors (Lipinski definition) is 2. The first-order valence-electron chi connectivity index (χ1n) is 12.8. The van der Waals surface area contributed by atoms with Crippen LogP contribution in [0.5, 0.6) is 0 Å². The fraction of sp³-hybridized carbons (Fsp3) is 0.312. The monoisotopic (exact) mass is 501 g/mol. The number of rotatable bonds is 10. The second-order valence-corrected chi connectivity index (χ2v) is 9.14. The van der Waals surface area contributed by atoms with Crippen molar-refractivity contribution in [1.82, 2.24) is 5.32 Å². The van der Waals surface area contributed by atoms with Crippen LogP contribution in [-0.4, -0.2) is 17.8 Å². The summed E-state index contributed by atoms with van der Waals surface area (Å²) in [4.78, 5) is 17.3. The molecule has 2 N–H and O–H groups in total. The van der Waals surface area contributed by atoms with Gasteiger partial charge in [-0.25, -0.2) is 9.38 Å². The molecule has 0 heterocycles. The normalized spacial score (nSPS) is 13.6. The van der Waals surface area contributed by atoms with Crippen molar-refractivity contribution in [2.75, 3.05) is 5.32 Å². The minimum absolute atomic E-state index is 0.0548. The molecule has 0 bridgehead atoms. The summed E-state index contributed by atoms with van der Waals surface area (Å²) in [7, 11) is 0. The van der Waals surface area contributed by atoms with Crippen molar-refractivity contribution < 1.29 is 9.18 Å². The van der Waals surface area contributed by atoms with Crippen LogP contribution in [-0.2, 0) is 6.42 Å². The number of nitrogens with zero attached hydrogens (tertiary/aromatic N) is 1. The van der Waals surface area contributed by atoms with Gasteiger partial charge >= 0.3 is 0 Å². The largest absolute Gasteiger partial charge is 0.350 e. The van der Waals surface area contributed by atoms with Crippen molar-refractivity contribution >= 4 is 29.1 Å².